The summed E-state index contributed by atoms with van der Waals surface area (Å²) >= 11 is 6.56. The van der Waals surface area contributed by atoms with Gasteiger partial charge in [0.15, 0.2) is 0 Å². The number of hydrogen-bond donors (Lipinski definition) is 0. The van der Waals surface area contributed by atoms with E-state index < -0.39 is 14.0 Å². The number of hydrogen-bond acceptors (Lipinski definition) is 3. The Morgan fingerprint density at radius 1 is 1.06 bits per heavy atom. The molecule has 33 heavy (non-hydrogen) atoms. The van der Waals surface area contributed by atoms with Gasteiger partial charge in [-0.3, -0.25) is 0 Å². The highest BCUT2D eigenvalue weighted by atomic mass is 35.5. The van der Waals surface area contributed by atoms with Crippen molar-refractivity contribution in [2.24, 2.45) is 0 Å². The average Bonchev–Trinajstić information content (AvgIpc) is 3.39. The summed E-state index contributed by atoms with van der Waals surface area (Å²) in [5, 5.41) is 0.638. The topological polar surface area (TPSA) is 44.9 Å². The molecule has 0 atom stereocenters. The average molecular weight is 483 g/mol. The predicted molar refractivity (Wildman–Crippen MR) is 134 cm³/mol. The third-order valence-corrected chi connectivity index (χ3v) is 7.53. The van der Waals surface area contributed by atoms with Crippen LogP contribution in [0.15, 0.2) is 61.3 Å². The first-order valence-electron chi connectivity index (χ1n) is 10.9. The van der Waals surface area contributed by atoms with E-state index in [1.54, 1.807) is 6.20 Å². The van der Waals surface area contributed by atoms with Gasteiger partial charge in [-0.2, -0.15) is 4.39 Å². The number of aryl methyl sites for hydroxylation is 1. The van der Waals surface area contributed by atoms with E-state index in [2.05, 4.69) is 29.6 Å². The quantitative estimate of drug-likeness (QED) is 0.157. The summed E-state index contributed by atoms with van der Waals surface area (Å²) < 4.78 is 23.8. The second-order valence-corrected chi connectivity index (χ2v) is 15.4. The lowest BCUT2D eigenvalue weighted by atomic mass is 10.0. The molecule has 0 amide bonds. The van der Waals surface area contributed by atoms with Crippen LogP contribution >= 0.6 is 11.6 Å². The Morgan fingerprint density at radius 2 is 1.82 bits per heavy atom. The van der Waals surface area contributed by atoms with Crippen LogP contribution in [0.25, 0.3) is 28.2 Å². The summed E-state index contributed by atoms with van der Waals surface area (Å²) in [5.41, 5.74) is 4.26. The summed E-state index contributed by atoms with van der Waals surface area (Å²) in [6.07, 6.45) is 9.13. The first-order valence-corrected chi connectivity index (χ1v) is 15.0. The monoisotopic (exact) mass is 482 g/mol. The Labute approximate surface area is 199 Å². The molecule has 0 aliphatic heterocycles. The van der Waals surface area contributed by atoms with Gasteiger partial charge in [0.2, 0.25) is 5.95 Å². The van der Waals surface area contributed by atoms with Crippen LogP contribution in [0.1, 0.15) is 5.56 Å². The minimum atomic E-state index is -1.16. The van der Waals surface area contributed by atoms with E-state index in [1.165, 1.54) is 12.3 Å². The first kappa shape index (κ1) is 23.4. The molecule has 0 aliphatic rings. The lowest BCUT2D eigenvalue weighted by Gasteiger charge is -2.16. The molecule has 4 rings (SSSR count). The van der Waals surface area contributed by atoms with E-state index in [9.17, 15) is 4.39 Å². The molecular formula is C25H28ClFN4OSi. The fraction of sp³-hybridized carbons (Fsp3) is 0.280. The fourth-order valence-corrected chi connectivity index (χ4v) is 4.63. The number of ether oxygens (including phenoxy) is 1. The van der Waals surface area contributed by atoms with Crippen molar-refractivity contribution in [2.45, 2.75) is 39.3 Å². The predicted octanol–water partition coefficient (Wildman–Crippen LogP) is 6.82. The summed E-state index contributed by atoms with van der Waals surface area (Å²) in [4.78, 5) is 8.38. The van der Waals surface area contributed by atoms with Gasteiger partial charge in [0.25, 0.3) is 0 Å². The third-order valence-electron chi connectivity index (χ3n) is 5.49. The van der Waals surface area contributed by atoms with Crippen LogP contribution in [-0.2, 0) is 11.5 Å². The molecule has 0 N–H and O–H groups in total. The van der Waals surface area contributed by atoms with E-state index in [-0.39, 0.29) is 0 Å². The van der Waals surface area contributed by atoms with Crippen LogP contribution in [0.5, 0.6) is 0 Å². The molecule has 8 heteroatoms. The van der Waals surface area contributed by atoms with Gasteiger partial charge < -0.3 is 13.9 Å². The summed E-state index contributed by atoms with van der Waals surface area (Å²) in [7, 11) is -1.16. The van der Waals surface area contributed by atoms with Gasteiger partial charge in [-0.25, -0.2) is 9.97 Å². The maximum Gasteiger partial charge on any atom is 0.214 e. The van der Waals surface area contributed by atoms with Crippen molar-refractivity contribution >= 4 is 19.7 Å². The van der Waals surface area contributed by atoms with E-state index >= 15 is 0 Å². The second kappa shape index (κ2) is 9.63. The smallest absolute Gasteiger partial charge is 0.214 e. The zero-order valence-electron chi connectivity index (χ0n) is 19.3. The molecule has 172 valence electrons. The molecule has 3 heterocycles. The maximum absolute atomic E-state index is 13.9. The third kappa shape index (κ3) is 5.43. The van der Waals surface area contributed by atoms with E-state index in [0.717, 1.165) is 40.7 Å². The van der Waals surface area contributed by atoms with Crippen molar-refractivity contribution in [1.82, 2.24) is 19.1 Å². The van der Waals surface area contributed by atoms with Crippen LogP contribution in [0, 0.1) is 12.9 Å². The summed E-state index contributed by atoms with van der Waals surface area (Å²) in [6, 6.07) is 10.2. The van der Waals surface area contributed by atoms with Crippen molar-refractivity contribution in [3.63, 3.8) is 0 Å². The van der Waals surface area contributed by atoms with Gasteiger partial charge in [0, 0.05) is 73.4 Å². The standard InChI is InChI=1S/C25H28ClFN4OSi/c1-18-14-29-24(27)13-23(18)31-15-20(19-7-5-6-8-22(19)26)21(16-31)25-28-9-10-30(25)17-32-11-12-33(2,3)4/h5-10,13-16H,11-12,17H2,1-4H3. The number of aromatic nitrogens is 4. The number of rotatable bonds is 8. The minimum absolute atomic E-state index is 0.413. The molecule has 0 bridgehead atoms. The highest BCUT2D eigenvalue weighted by Crippen LogP contribution is 2.37. The molecule has 5 nitrogen and oxygen atoms in total. The Morgan fingerprint density at radius 3 is 2.58 bits per heavy atom. The van der Waals surface area contributed by atoms with Crippen LogP contribution < -0.4 is 0 Å². The molecule has 0 fully saturated rings. The van der Waals surface area contributed by atoms with Gasteiger partial charge in [0.05, 0.1) is 5.69 Å². The highest BCUT2D eigenvalue weighted by molar-refractivity contribution is 6.76. The van der Waals surface area contributed by atoms with Crippen LogP contribution in [-0.4, -0.2) is 33.8 Å². The minimum Gasteiger partial charge on any atom is -0.361 e. The van der Waals surface area contributed by atoms with Gasteiger partial charge >= 0.3 is 0 Å². The molecule has 0 saturated heterocycles. The number of nitrogens with zero attached hydrogens (tertiary/aromatic N) is 4. The molecule has 0 spiro atoms. The first-order chi connectivity index (χ1) is 15.7. The van der Waals surface area contributed by atoms with E-state index in [0.29, 0.717) is 17.4 Å². The van der Waals surface area contributed by atoms with Crippen molar-refractivity contribution in [3.8, 4) is 28.2 Å². The molecule has 4 aromatic rings. The number of benzene rings is 1. The Balaban J connectivity index is 1.76. The fourth-order valence-electron chi connectivity index (χ4n) is 3.63. The largest absolute Gasteiger partial charge is 0.361 e. The van der Waals surface area contributed by atoms with Crippen LogP contribution in [0.3, 0.4) is 0 Å². The lowest BCUT2D eigenvalue weighted by molar-refractivity contribution is 0.0883. The van der Waals surface area contributed by atoms with Crippen molar-refractivity contribution < 1.29 is 9.13 Å². The normalized spacial score (nSPS) is 11.8. The molecular weight excluding hydrogens is 455 g/mol. The molecule has 3 aromatic heterocycles. The van der Waals surface area contributed by atoms with Crippen molar-refractivity contribution in [1.29, 1.82) is 0 Å². The van der Waals surface area contributed by atoms with E-state index in [4.69, 9.17) is 16.3 Å². The van der Waals surface area contributed by atoms with Crippen LogP contribution in [0.4, 0.5) is 4.39 Å². The summed E-state index contributed by atoms with van der Waals surface area (Å²) in [6.45, 7) is 10.0. The number of pyridine rings is 1. The van der Waals surface area contributed by atoms with E-state index in [1.807, 2.05) is 58.9 Å². The Hall–Kier alpha value is -2.74. The van der Waals surface area contributed by atoms with Crippen molar-refractivity contribution in [2.75, 3.05) is 6.61 Å². The molecule has 1 aromatic carbocycles. The zero-order valence-corrected chi connectivity index (χ0v) is 21.1. The van der Waals surface area contributed by atoms with Gasteiger partial charge in [0.1, 0.15) is 12.6 Å². The number of imidazole rings is 1. The second-order valence-electron chi connectivity index (χ2n) is 9.33. The van der Waals surface area contributed by atoms with Gasteiger partial charge in [-0.1, -0.05) is 49.4 Å². The zero-order chi connectivity index (χ0) is 23.6. The molecule has 0 unspecified atom stereocenters. The van der Waals surface area contributed by atoms with Crippen LogP contribution in [0.2, 0.25) is 30.7 Å². The lowest BCUT2D eigenvalue weighted by Crippen LogP contribution is -2.22. The van der Waals surface area contributed by atoms with Gasteiger partial charge in [-0.15, -0.1) is 0 Å². The molecule has 0 radical (unpaired) electrons. The Kier molecular flexibility index (Phi) is 6.83. The Bertz CT molecular complexity index is 1260. The number of halogens is 2. The summed E-state index contributed by atoms with van der Waals surface area (Å²) in [5.74, 6) is 0.242. The highest BCUT2D eigenvalue weighted by Gasteiger charge is 2.19. The van der Waals surface area contributed by atoms with Gasteiger partial charge in [-0.05, 0) is 24.6 Å². The molecule has 0 aliphatic carbocycles. The maximum atomic E-state index is 13.9. The SMILES string of the molecule is Cc1cnc(F)cc1-n1cc(-c2ccccc2Cl)c(-c2nccn2COCC[Si](C)(C)C)c1. The molecule has 0 saturated carbocycles. The van der Waals surface area contributed by atoms with Crippen molar-refractivity contribution in [3.05, 3.63) is 77.8 Å².